The average Bonchev–Trinajstić information content (AvgIpc) is 2.70. The minimum absolute atomic E-state index is 0.0277. The standard InChI is InChI=1S/C22H34Cl2N4O/c1-16-15-28(20-6-4-5-19(23)21(20)24)14-13-27(16)12-11-17-7-9-18(10-8-17)25-22(29)26(2)3/h4-6,16-18H,7-15H2,1-3H3,(H,25,29)/t16-,17?,18?/m1/s1. The Morgan fingerprint density at radius 1 is 1.17 bits per heavy atom. The number of hydrogen-bond donors (Lipinski definition) is 1. The number of halogens is 2. The molecule has 1 aromatic rings. The van der Waals surface area contributed by atoms with Gasteiger partial charge in [-0.1, -0.05) is 29.3 Å². The van der Waals surface area contributed by atoms with E-state index in [2.05, 4.69) is 28.1 Å². The van der Waals surface area contributed by atoms with E-state index in [1.807, 2.05) is 12.1 Å². The maximum Gasteiger partial charge on any atom is 0.317 e. The first kappa shape index (κ1) is 22.5. The zero-order chi connectivity index (χ0) is 21.0. The molecule has 2 aliphatic rings. The van der Waals surface area contributed by atoms with Crippen LogP contribution < -0.4 is 10.2 Å². The molecule has 1 heterocycles. The highest BCUT2D eigenvalue weighted by atomic mass is 35.5. The molecule has 1 aliphatic heterocycles. The zero-order valence-electron chi connectivity index (χ0n) is 17.8. The number of rotatable bonds is 5. The van der Waals surface area contributed by atoms with Crippen molar-refractivity contribution in [3.8, 4) is 0 Å². The minimum Gasteiger partial charge on any atom is -0.367 e. The predicted octanol–water partition coefficient (Wildman–Crippen LogP) is 4.72. The van der Waals surface area contributed by atoms with Gasteiger partial charge in [0.15, 0.2) is 0 Å². The Morgan fingerprint density at radius 2 is 1.90 bits per heavy atom. The lowest BCUT2D eigenvalue weighted by Crippen LogP contribution is -2.52. The highest BCUT2D eigenvalue weighted by Crippen LogP contribution is 2.34. The molecule has 3 rings (SSSR count). The number of carbonyl (C=O) groups is 1. The van der Waals surface area contributed by atoms with Crippen LogP contribution in [0.5, 0.6) is 0 Å². The van der Waals surface area contributed by atoms with E-state index in [0.717, 1.165) is 50.6 Å². The van der Waals surface area contributed by atoms with Gasteiger partial charge in [-0.3, -0.25) is 4.90 Å². The first-order valence-corrected chi connectivity index (χ1v) is 11.5. The number of benzene rings is 1. The number of carbonyl (C=O) groups excluding carboxylic acids is 1. The third-order valence-electron chi connectivity index (χ3n) is 6.44. The van der Waals surface area contributed by atoms with Gasteiger partial charge in [-0.25, -0.2) is 4.79 Å². The molecule has 1 atom stereocenters. The van der Waals surface area contributed by atoms with Gasteiger partial charge in [-0.15, -0.1) is 0 Å². The second-order valence-corrected chi connectivity index (χ2v) is 9.54. The van der Waals surface area contributed by atoms with Crippen molar-refractivity contribution in [3.05, 3.63) is 28.2 Å². The van der Waals surface area contributed by atoms with Crippen LogP contribution in [0.4, 0.5) is 10.5 Å². The van der Waals surface area contributed by atoms with E-state index in [1.165, 1.54) is 19.3 Å². The van der Waals surface area contributed by atoms with E-state index in [1.54, 1.807) is 19.0 Å². The summed E-state index contributed by atoms with van der Waals surface area (Å²) in [4.78, 5) is 18.4. The van der Waals surface area contributed by atoms with Gasteiger partial charge in [-0.2, -0.15) is 0 Å². The molecule has 0 radical (unpaired) electrons. The fourth-order valence-corrected chi connectivity index (χ4v) is 4.95. The second kappa shape index (κ2) is 10.2. The van der Waals surface area contributed by atoms with Crippen molar-refractivity contribution < 1.29 is 4.79 Å². The van der Waals surface area contributed by atoms with Gasteiger partial charge in [0.1, 0.15) is 0 Å². The summed E-state index contributed by atoms with van der Waals surface area (Å²) >= 11 is 12.6. The third-order valence-corrected chi connectivity index (χ3v) is 7.25. The zero-order valence-corrected chi connectivity index (χ0v) is 19.3. The van der Waals surface area contributed by atoms with E-state index >= 15 is 0 Å². The number of amides is 2. The van der Waals surface area contributed by atoms with Gasteiger partial charge in [0, 0.05) is 45.8 Å². The molecule has 1 N–H and O–H groups in total. The van der Waals surface area contributed by atoms with Gasteiger partial charge in [0.05, 0.1) is 15.7 Å². The Bertz CT molecular complexity index is 691. The molecular formula is C22H34Cl2N4O. The summed E-state index contributed by atoms with van der Waals surface area (Å²) < 4.78 is 0. The van der Waals surface area contributed by atoms with E-state index in [-0.39, 0.29) is 6.03 Å². The van der Waals surface area contributed by atoms with Crippen molar-refractivity contribution in [1.29, 1.82) is 0 Å². The van der Waals surface area contributed by atoms with Crippen LogP contribution in [0.15, 0.2) is 18.2 Å². The first-order chi connectivity index (χ1) is 13.8. The van der Waals surface area contributed by atoms with Crippen LogP contribution in [-0.4, -0.2) is 68.2 Å². The summed E-state index contributed by atoms with van der Waals surface area (Å²) in [7, 11) is 3.59. The van der Waals surface area contributed by atoms with Crippen LogP contribution in [0.3, 0.4) is 0 Å². The van der Waals surface area contributed by atoms with Crippen molar-refractivity contribution in [2.24, 2.45) is 5.92 Å². The molecule has 0 unspecified atom stereocenters. The Balaban J connectivity index is 1.41. The molecule has 2 amide bonds. The van der Waals surface area contributed by atoms with E-state index in [4.69, 9.17) is 23.2 Å². The maximum absolute atomic E-state index is 11.8. The lowest BCUT2D eigenvalue weighted by molar-refractivity contribution is 0.163. The fraction of sp³-hybridized carbons (Fsp3) is 0.682. The van der Waals surface area contributed by atoms with Crippen LogP contribution >= 0.6 is 23.2 Å². The van der Waals surface area contributed by atoms with Crippen LogP contribution in [0, 0.1) is 5.92 Å². The topological polar surface area (TPSA) is 38.8 Å². The largest absolute Gasteiger partial charge is 0.367 e. The molecule has 0 spiro atoms. The normalized spacial score (nSPS) is 25.7. The number of anilines is 1. The molecule has 0 bridgehead atoms. The quantitative estimate of drug-likeness (QED) is 0.719. The lowest BCUT2D eigenvalue weighted by Gasteiger charge is -2.42. The van der Waals surface area contributed by atoms with Crippen molar-refractivity contribution in [2.45, 2.75) is 51.1 Å². The van der Waals surface area contributed by atoms with Gasteiger partial charge in [-0.05, 0) is 63.6 Å². The summed E-state index contributed by atoms with van der Waals surface area (Å²) in [6.07, 6.45) is 5.87. The molecule has 5 nitrogen and oxygen atoms in total. The molecule has 7 heteroatoms. The molecule has 1 saturated carbocycles. The van der Waals surface area contributed by atoms with E-state index < -0.39 is 0 Å². The van der Waals surface area contributed by atoms with Gasteiger partial charge < -0.3 is 15.1 Å². The monoisotopic (exact) mass is 440 g/mol. The second-order valence-electron chi connectivity index (χ2n) is 8.75. The predicted molar refractivity (Wildman–Crippen MR) is 122 cm³/mol. The van der Waals surface area contributed by atoms with Gasteiger partial charge in [0.2, 0.25) is 0 Å². The first-order valence-electron chi connectivity index (χ1n) is 10.8. The van der Waals surface area contributed by atoms with Crippen LogP contribution in [-0.2, 0) is 0 Å². The Morgan fingerprint density at radius 3 is 2.55 bits per heavy atom. The number of nitrogens with zero attached hydrogens (tertiary/aromatic N) is 3. The Kier molecular flexibility index (Phi) is 7.94. The molecule has 1 aliphatic carbocycles. The molecule has 2 fully saturated rings. The molecule has 1 aromatic carbocycles. The van der Waals surface area contributed by atoms with Gasteiger partial charge >= 0.3 is 6.03 Å². The van der Waals surface area contributed by atoms with E-state index in [9.17, 15) is 4.79 Å². The third kappa shape index (κ3) is 5.93. The molecular weight excluding hydrogens is 407 g/mol. The van der Waals surface area contributed by atoms with Crippen LogP contribution in [0.25, 0.3) is 0 Å². The molecule has 162 valence electrons. The smallest absolute Gasteiger partial charge is 0.317 e. The van der Waals surface area contributed by atoms with Gasteiger partial charge in [0.25, 0.3) is 0 Å². The number of urea groups is 1. The number of hydrogen-bond acceptors (Lipinski definition) is 3. The van der Waals surface area contributed by atoms with E-state index in [0.29, 0.717) is 22.1 Å². The minimum atomic E-state index is 0.0277. The van der Waals surface area contributed by atoms with Crippen molar-refractivity contribution in [3.63, 3.8) is 0 Å². The van der Waals surface area contributed by atoms with Crippen molar-refractivity contribution in [2.75, 3.05) is 45.2 Å². The molecule has 1 saturated heterocycles. The fourth-order valence-electron chi connectivity index (χ4n) is 4.53. The van der Waals surface area contributed by atoms with Crippen molar-refractivity contribution in [1.82, 2.24) is 15.1 Å². The summed E-state index contributed by atoms with van der Waals surface area (Å²) in [6.45, 7) is 6.46. The summed E-state index contributed by atoms with van der Waals surface area (Å²) in [5.41, 5.74) is 1.05. The highest BCUT2D eigenvalue weighted by molar-refractivity contribution is 6.43. The van der Waals surface area contributed by atoms with Crippen molar-refractivity contribution >= 4 is 34.9 Å². The number of piperazine rings is 1. The molecule has 29 heavy (non-hydrogen) atoms. The SMILES string of the molecule is C[C@@H]1CN(c2cccc(Cl)c2Cl)CCN1CCC1CCC(NC(=O)N(C)C)CC1. The number of nitrogens with one attached hydrogen (secondary N) is 1. The van der Waals surface area contributed by atoms with Crippen LogP contribution in [0.1, 0.15) is 39.0 Å². The summed E-state index contributed by atoms with van der Waals surface area (Å²) in [5.74, 6) is 0.773. The Hall–Kier alpha value is -1.17. The van der Waals surface area contributed by atoms with Crippen LogP contribution in [0.2, 0.25) is 10.0 Å². The lowest BCUT2D eigenvalue weighted by atomic mass is 9.84. The maximum atomic E-state index is 11.8. The highest BCUT2D eigenvalue weighted by Gasteiger charge is 2.27. The average molecular weight is 441 g/mol. The Labute approximate surface area is 185 Å². The summed E-state index contributed by atoms with van der Waals surface area (Å²) in [6, 6.07) is 6.73. The summed E-state index contributed by atoms with van der Waals surface area (Å²) in [5, 5.41) is 4.41. The molecule has 0 aromatic heterocycles.